The molecule has 0 radical (unpaired) electrons. The van der Waals surface area contributed by atoms with Gasteiger partial charge in [-0.3, -0.25) is 4.68 Å². The minimum Gasteiger partial charge on any atom is -0.478 e. The summed E-state index contributed by atoms with van der Waals surface area (Å²) in [5.74, 6) is -1.43. The Morgan fingerprint density at radius 3 is 1.86 bits per heavy atom. The van der Waals surface area contributed by atoms with Gasteiger partial charge in [0.25, 0.3) is 0 Å². The number of halogens is 6. The number of carboxylic acids is 1. The molecule has 0 amide bonds. The number of hydrogen-bond donors (Lipinski definition) is 1. The van der Waals surface area contributed by atoms with Crippen LogP contribution in [-0.4, -0.2) is 35.6 Å². The van der Waals surface area contributed by atoms with Crippen LogP contribution in [0.15, 0.2) is 60.9 Å². The lowest BCUT2D eigenvalue weighted by Crippen LogP contribution is -2.05. The number of carbonyl (C=O) groups is 1. The summed E-state index contributed by atoms with van der Waals surface area (Å²) in [7, 11) is 1.58. The van der Waals surface area contributed by atoms with Gasteiger partial charge < -0.3 is 5.11 Å². The molecule has 0 spiro atoms. The van der Waals surface area contributed by atoms with Crippen LogP contribution in [-0.2, 0) is 24.2 Å². The van der Waals surface area contributed by atoms with E-state index in [4.69, 9.17) is 0 Å². The quantitative estimate of drug-likeness (QED) is 0.286. The molecule has 0 unspecified atom stereocenters. The first-order valence-corrected chi connectivity index (χ1v) is 10.1. The molecule has 0 saturated heterocycles. The first kappa shape index (κ1) is 24.7. The van der Waals surface area contributed by atoms with Gasteiger partial charge in [0.2, 0.25) is 0 Å². The number of carboxylic acid groups (broad SMARTS) is 1. The molecule has 36 heavy (non-hydrogen) atoms. The van der Waals surface area contributed by atoms with Crippen molar-refractivity contribution in [3.05, 3.63) is 77.6 Å². The van der Waals surface area contributed by atoms with Crippen LogP contribution < -0.4 is 0 Å². The molecule has 2 aromatic heterocycles. The Morgan fingerprint density at radius 2 is 1.42 bits per heavy atom. The van der Waals surface area contributed by atoms with Gasteiger partial charge >= 0.3 is 18.3 Å². The second kappa shape index (κ2) is 8.98. The third kappa shape index (κ3) is 5.14. The van der Waals surface area contributed by atoms with Crippen molar-refractivity contribution in [3.8, 4) is 22.8 Å². The number of aliphatic carboxylic acids is 1. The van der Waals surface area contributed by atoms with Crippen LogP contribution in [0, 0.1) is 0 Å². The van der Waals surface area contributed by atoms with Crippen molar-refractivity contribution in [2.24, 2.45) is 7.05 Å². The zero-order valence-corrected chi connectivity index (χ0v) is 18.2. The average molecular weight is 507 g/mol. The summed E-state index contributed by atoms with van der Waals surface area (Å²) in [4.78, 5) is 16.2. The van der Waals surface area contributed by atoms with E-state index in [1.807, 2.05) is 0 Å². The van der Waals surface area contributed by atoms with E-state index in [0.29, 0.717) is 0 Å². The number of rotatable bonds is 5. The van der Waals surface area contributed by atoms with E-state index in [0.717, 1.165) is 59.4 Å². The van der Waals surface area contributed by atoms with Gasteiger partial charge in [0.1, 0.15) is 0 Å². The van der Waals surface area contributed by atoms with Crippen LogP contribution in [0.5, 0.6) is 0 Å². The van der Waals surface area contributed by atoms with E-state index < -0.39 is 29.4 Å². The molecule has 0 fully saturated rings. The first-order chi connectivity index (χ1) is 16.8. The van der Waals surface area contributed by atoms with Gasteiger partial charge in [-0.05, 0) is 24.3 Å². The third-order valence-electron chi connectivity index (χ3n) is 5.07. The largest absolute Gasteiger partial charge is 0.478 e. The highest BCUT2D eigenvalue weighted by Crippen LogP contribution is 2.33. The van der Waals surface area contributed by atoms with Crippen LogP contribution in [0.4, 0.5) is 26.3 Å². The molecule has 4 aromatic rings. The Morgan fingerprint density at radius 1 is 0.889 bits per heavy atom. The van der Waals surface area contributed by atoms with Gasteiger partial charge in [-0.25, -0.2) is 14.5 Å². The fourth-order valence-corrected chi connectivity index (χ4v) is 3.28. The van der Waals surface area contributed by atoms with Crippen molar-refractivity contribution in [3.63, 3.8) is 0 Å². The standard InChI is InChI=1S/C23H15F6N5O2/c1-33-11-15(10-30-33)18(21(35)36)12-34-20(14-4-8-17(9-5-14)23(27,28)29)31-19(32-34)13-2-6-16(7-3-13)22(24,25)26/h2-12H,1H3,(H,35,36)/b18-12+. The maximum absolute atomic E-state index is 13.0. The maximum Gasteiger partial charge on any atom is 0.416 e. The zero-order chi connectivity index (χ0) is 26.3. The Labute approximate surface area is 198 Å². The van der Waals surface area contributed by atoms with Crippen molar-refractivity contribution in [2.75, 3.05) is 0 Å². The second-order valence-corrected chi connectivity index (χ2v) is 7.60. The van der Waals surface area contributed by atoms with E-state index in [1.54, 1.807) is 7.05 Å². The summed E-state index contributed by atoms with van der Waals surface area (Å²) in [6.07, 6.45) is -5.29. The molecule has 4 rings (SSSR count). The molecule has 0 saturated carbocycles. The lowest BCUT2D eigenvalue weighted by Gasteiger charge is -2.07. The molecular formula is C23H15F6N5O2. The van der Waals surface area contributed by atoms with Gasteiger partial charge in [-0.2, -0.15) is 31.4 Å². The van der Waals surface area contributed by atoms with Crippen LogP contribution in [0.1, 0.15) is 16.7 Å². The van der Waals surface area contributed by atoms with E-state index >= 15 is 0 Å². The van der Waals surface area contributed by atoms with Crippen molar-refractivity contribution in [1.82, 2.24) is 24.5 Å². The SMILES string of the molecule is Cn1cc(/C(=C\n2nc(-c3ccc(C(F)(F)F)cc3)nc2-c2ccc(C(F)(F)F)cc2)C(=O)O)cn1. The minimum absolute atomic E-state index is 0.0266. The Hall–Kier alpha value is -4.42. The highest BCUT2D eigenvalue weighted by Gasteiger charge is 2.31. The lowest BCUT2D eigenvalue weighted by molar-refractivity contribution is -0.138. The summed E-state index contributed by atoms with van der Waals surface area (Å²) in [6, 6.07) is 7.88. The molecule has 0 atom stereocenters. The first-order valence-electron chi connectivity index (χ1n) is 10.1. The number of aryl methyl sites for hydroxylation is 1. The molecule has 186 valence electrons. The molecular weight excluding hydrogens is 492 g/mol. The zero-order valence-electron chi connectivity index (χ0n) is 18.2. The van der Waals surface area contributed by atoms with E-state index in [1.165, 1.54) is 17.1 Å². The number of alkyl halides is 6. The predicted octanol–water partition coefficient (Wildman–Crippen LogP) is 5.47. The highest BCUT2D eigenvalue weighted by molar-refractivity contribution is 6.19. The molecule has 0 aliphatic heterocycles. The smallest absolute Gasteiger partial charge is 0.416 e. The van der Waals surface area contributed by atoms with E-state index in [-0.39, 0.29) is 33.9 Å². The Balaban J connectivity index is 1.85. The van der Waals surface area contributed by atoms with Crippen molar-refractivity contribution < 1.29 is 36.2 Å². The van der Waals surface area contributed by atoms with Gasteiger partial charge in [0, 0.05) is 36.1 Å². The van der Waals surface area contributed by atoms with Gasteiger partial charge in [-0.15, -0.1) is 5.10 Å². The van der Waals surface area contributed by atoms with Crippen LogP contribution in [0.3, 0.4) is 0 Å². The van der Waals surface area contributed by atoms with Crippen LogP contribution >= 0.6 is 0 Å². The fraction of sp³-hybridized carbons (Fsp3) is 0.130. The van der Waals surface area contributed by atoms with Crippen LogP contribution in [0.25, 0.3) is 34.5 Å². The highest BCUT2D eigenvalue weighted by atomic mass is 19.4. The van der Waals surface area contributed by atoms with Gasteiger partial charge in [0.05, 0.1) is 22.9 Å². The summed E-state index contributed by atoms with van der Waals surface area (Å²) < 4.78 is 80.2. The van der Waals surface area contributed by atoms with Gasteiger partial charge in [0.15, 0.2) is 11.6 Å². The summed E-state index contributed by atoms with van der Waals surface area (Å²) in [5.41, 5.74) is -1.48. The topological polar surface area (TPSA) is 85.8 Å². The van der Waals surface area contributed by atoms with Crippen molar-refractivity contribution in [1.29, 1.82) is 0 Å². The average Bonchev–Trinajstić information content (AvgIpc) is 3.42. The third-order valence-corrected chi connectivity index (χ3v) is 5.07. The molecule has 0 aliphatic carbocycles. The molecule has 2 heterocycles. The summed E-state index contributed by atoms with van der Waals surface area (Å²) in [5, 5.41) is 17.9. The van der Waals surface area contributed by atoms with Crippen molar-refractivity contribution in [2.45, 2.75) is 12.4 Å². The van der Waals surface area contributed by atoms with E-state index in [2.05, 4.69) is 15.2 Å². The number of aromatic nitrogens is 5. The minimum atomic E-state index is -4.58. The number of benzene rings is 2. The molecule has 7 nitrogen and oxygen atoms in total. The second-order valence-electron chi connectivity index (χ2n) is 7.60. The molecule has 0 bridgehead atoms. The number of nitrogens with zero attached hydrogens (tertiary/aromatic N) is 5. The molecule has 2 aromatic carbocycles. The predicted molar refractivity (Wildman–Crippen MR) is 116 cm³/mol. The fourth-order valence-electron chi connectivity index (χ4n) is 3.28. The molecule has 13 heteroatoms. The molecule has 1 N–H and O–H groups in total. The summed E-state index contributed by atoms with van der Waals surface area (Å²) in [6.45, 7) is 0. The maximum atomic E-state index is 13.0. The normalized spacial score (nSPS) is 12.7. The van der Waals surface area contributed by atoms with E-state index in [9.17, 15) is 36.2 Å². The monoisotopic (exact) mass is 507 g/mol. The summed E-state index contributed by atoms with van der Waals surface area (Å²) >= 11 is 0. The lowest BCUT2D eigenvalue weighted by atomic mass is 10.1. The van der Waals surface area contributed by atoms with Gasteiger partial charge in [-0.1, -0.05) is 24.3 Å². The number of hydrogen-bond acceptors (Lipinski definition) is 4. The Bertz CT molecular complexity index is 1430. The Kier molecular flexibility index (Phi) is 6.16. The van der Waals surface area contributed by atoms with Crippen LogP contribution in [0.2, 0.25) is 0 Å². The van der Waals surface area contributed by atoms with Crippen molar-refractivity contribution >= 4 is 17.7 Å². The molecule has 0 aliphatic rings.